The van der Waals surface area contributed by atoms with Crippen LogP contribution in [0.2, 0.25) is 13.1 Å². The minimum Gasteiger partial charge on any atom is -0.326 e. The van der Waals surface area contributed by atoms with Crippen molar-refractivity contribution in [2.24, 2.45) is 0 Å². The highest BCUT2D eigenvalue weighted by Crippen LogP contribution is 2.09. The van der Waals surface area contributed by atoms with Gasteiger partial charge in [-0.1, -0.05) is 12.1 Å². The fourth-order valence-corrected chi connectivity index (χ4v) is 1.27. The molecule has 0 bridgehead atoms. The number of benzene rings is 1. The van der Waals surface area contributed by atoms with E-state index in [1.807, 2.05) is 12.1 Å². The van der Waals surface area contributed by atoms with Crippen LogP contribution in [-0.2, 0) is 4.53 Å². The summed E-state index contributed by atoms with van der Waals surface area (Å²) in [5.74, 6) is 0. The predicted octanol–water partition coefficient (Wildman–Crippen LogP) is 2.43. The number of hydrogen-bond acceptors (Lipinski definition) is 2. The third-order valence-corrected chi connectivity index (χ3v) is 2.02. The SMILES string of the molecule is Cc1cccc(NO[SiH](C)C)c1.[H+]. The van der Waals surface area contributed by atoms with Gasteiger partial charge in [0.05, 0.1) is 5.69 Å². The lowest BCUT2D eigenvalue weighted by Gasteiger charge is -2.09. The molecular weight excluding hydrogens is 166 g/mol. The number of nitrogens with one attached hydrogen (secondary N) is 1. The zero-order chi connectivity index (χ0) is 8.97. The summed E-state index contributed by atoms with van der Waals surface area (Å²) in [6, 6.07) is 8.15. The van der Waals surface area contributed by atoms with Crippen LogP contribution < -0.4 is 5.48 Å². The molecule has 0 heterocycles. The molecule has 1 rings (SSSR count). The smallest absolute Gasteiger partial charge is 0.326 e. The molecule has 0 radical (unpaired) electrons. The van der Waals surface area contributed by atoms with E-state index in [1.165, 1.54) is 5.56 Å². The molecule has 0 aliphatic rings. The van der Waals surface area contributed by atoms with E-state index in [2.05, 4.69) is 37.6 Å². The van der Waals surface area contributed by atoms with Crippen molar-refractivity contribution in [3.63, 3.8) is 0 Å². The highest BCUT2D eigenvalue weighted by Gasteiger charge is 1.95. The summed E-state index contributed by atoms with van der Waals surface area (Å²) in [5, 5.41) is 0. The first kappa shape index (κ1) is 9.29. The molecule has 0 fully saturated rings. The molecule has 0 unspecified atom stereocenters. The van der Waals surface area contributed by atoms with Crippen LogP contribution in [0.15, 0.2) is 24.3 Å². The fourth-order valence-electron chi connectivity index (χ4n) is 0.894. The van der Waals surface area contributed by atoms with Crippen molar-refractivity contribution in [2.45, 2.75) is 20.0 Å². The molecule has 1 aromatic rings. The molecule has 12 heavy (non-hydrogen) atoms. The van der Waals surface area contributed by atoms with Gasteiger partial charge in [0, 0.05) is 0 Å². The van der Waals surface area contributed by atoms with Gasteiger partial charge < -0.3 is 4.53 Å². The van der Waals surface area contributed by atoms with Crippen LogP contribution in [0.25, 0.3) is 0 Å². The Morgan fingerprint density at radius 2 is 2.17 bits per heavy atom. The topological polar surface area (TPSA) is 21.3 Å². The second-order valence-corrected chi connectivity index (χ2v) is 5.47. The number of rotatable bonds is 3. The van der Waals surface area contributed by atoms with Gasteiger partial charge in [-0.05, 0) is 37.7 Å². The van der Waals surface area contributed by atoms with E-state index in [0.717, 1.165) is 5.69 Å². The summed E-state index contributed by atoms with van der Waals surface area (Å²) in [6.07, 6.45) is 0. The molecule has 0 atom stereocenters. The summed E-state index contributed by atoms with van der Waals surface area (Å²) in [5.41, 5.74) is 5.23. The van der Waals surface area contributed by atoms with Crippen LogP contribution in [-0.4, -0.2) is 9.04 Å². The van der Waals surface area contributed by atoms with Crippen molar-refractivity contribution in [1.29, 1.82) is 0 Å². The van der Waals surface area contributed by atoms with Crippen molar-refractivity contribution in [1.82, 2.24) is 0 Å². The van der Waals surface area contributed by atoms with Crippen molar-refractivity contribution in [3.05, 3.63) is 29.8 Å². The molecule has 66 valence electrons. The number of hydrogen-bond donors (Lipinski definition) is 1. The first-order valence-corrected chi connectivity index (χ1v) is 6.95. The molecule has 0 amide bonds. The first-order chi connectivity index (χ1) is 5.68. The van der Waals surface area contributed by atoms with E-state index >= 15 is 0 Å². The average molecular weight is 182 g/mol. The van der Waals surface area contributed by atoms with Crippen LogP contribution in [0, 0.1) is 6.92 Å². The van der Waals surface area contributed by atoms with Gasteiger partial charge in [0.15, 0.2) is 0 Å². The Kier molecular flexibility index (Phi) is 3.31. The maximum absolute atomic E-state index is 5.37. The molecule has 1 N–H and O–H groups in total. The Labute approximate surface area is 76.7 Å². The standard InChI is InChI=1S/C9H15NOSi/c1-8-5-4-6-9(7-8)10-11-12(2)3/h4-7,10,12H,1-3H3/p+1. The predicted molar refractivity (Wildman–Crippen MR) is 55.9 cm³/mol. The zero-order valence-electron chi connectivity index (χ0n) is 8.79. The number of anilines is 1. The molecule has 0 saturated heterocycles. The molecule has 0 aliphatic carbocycles. The monoisotopic (exact) mass is 182 g/mol. The van der Waals surface area contributed by atoms with Gasteiger partial charge >= 0.3 is 1.43 Å². The molecule has 0 aromatic heterocycles. The Morgan fingerprint density at radius 3 is 2.75 bits per heavy atom. The lowest BCUT2D eigenvalue weighted by molar-refractivity contribution is 0.419. The fraction of sp³-hybridized carbons (Fsp3) is 0.333. The number of aryl methyl sites for hydroxylation is 1. The van der Waals surface area contributed by atoms with E-state index in [9.17, 15) is 0 Å². The van der Waals surface area contributed by atoms with Gasteiger partial charge in [-0.15, -0.1) is 0 Å². The highest BCUT2D eigenvalue weighted by atomic mass is 28.3. The third-order valence-electron chi connectivity index (χ3n) is 1.43. The summed E-state index contributed by atoms with van der Waals surface area (Å²) >= 11 is 0. The normalized spacial score (nSPS) is 10.3. The van der Waals surface area contributed by atoms with Crippen molar-refractivity contribution in [3.8, 4) is 0 Å². The lowest BCUT2D eigenvalue weighted by Crippen LogP contribution is -2.13. The molecular formula is C9H16NOSi+. The summed E-state index contributed by atoms with van der Waals surface area (Å²) in [4.78, 5) is 0. The van der Waals surface area contributed by atoms with E-state index < -0.39 is 9.04 Å². The van der Waals surface area contributed by atoms with E-state index in [4.69, 9.17) is 4.53 Å². The minimum atomic E-state index is -0.967. The van der Waals surface area contributed by atoms with Crippen LogP contribution >= 0.6 is 0 Å². The first-order valence-electron chi connectivity index (χ1n) is 4.17. The van der Waals surface area contributed by atoms with E-state index in [1.54, 1.807) is 0 Å². The van der Waals surface area contributed by atoms with Crippen LogP contribution in [0.5, 0.6) is 0 Å². The van der Waals surface area contributed by atoms with Gasteiger partial charge in [-0.2, -0.15) is 0 Å². The quantitative estimate of drug-likeness (QED) is 0.572. The molecule has 0 saturated carbocycles. The largest absolute Gasteiger partial charge is 1.00 e. The van der Waals surface area contributed by atoms with Gasteiger partial charge in [-0.3, -0.25) is 5.48 Å². The second kappa shape index (κ2) is 4.28. The van der Waals surface area contributed by atoms with Gasteiger partial charge in [0.2, 0.25) is 9.04 Å². The Balaban J connectivity index is 0.00000144. The van der Waals surface area contributed by atoms with Gasteiger partial charge in [0.25, 0.3) is 0 Å². The summed E-state index contributed by atoms with van der Waals surface area (Å²) in [6.45, 7) is 6.32. The third kappa shape index (κ3) is 3.07. The maximum atomic E-state index is 5.37. The zero-order valence-corrected chi connectivity index (χ0v) is 8.95. The van der Waals surface area contributed by atoms with Crippen molar-refractivity contribution >= 4 is 14.7 Å². The highest BCUT2D eigenvalue weighted by molar-refractivity contribution is 6.48. The molecule has 0 aliphatic heterocycles. The van der Waals surface area contributed by atoms with Crippen LogP contribution in [0.4, 0.5) is 5.69 Å². The average Bonchev–Trinajstić information content (AvgIpc) is 2.01. The summed E-state index contributed by atoms with van der Waals surface area (Å²) in [7, 11) is -0.967. The molecule has 1 aromatic carbocycles. The maximum Gasteiger partial charge on any atom is 1.00 e. The van der Waals surface area contributed by atoms with E-state index in [-0.39, 0.29) is 1.43 Å². The Hall–Kier alpha value is -0.803. The van der Waals surface area contributed by atoms with Crippen molar-refractivity contribution in [2.75, 3.05) is 5.48 Å². The van der Waals surface area contributed by atoms with E-state index in [0.29, 0.717) is 0 Å². The van der Waals surface area contributed by atoms with Gasteiger partial charge in [-0.25, -0.2) is 0 Å². The second-order valence-electron chi connectivity index (χ2n) is 3.14. The minimum absolute atomic E-state index is 0. The Morgan fingerprint density at radius 1 is 1.42 bits per heavy atom. The summed E-state index contributed by atoms with van der Waals surface area (Å²) < 4.78 is 5.37. The molecule has 2 nitrogen and oxygen atoms in total. The van der Waals surface area contributed by atoms with Crippen LogP contribution in [0.3, 0.4) is 0 Å². The van der Waals surface area contributed by atoms with Crippen molar-refractivity contribution < 1.29 is 5.95 Å². The lowest BCUT2D eigenvalue weighted by atomic mass is 10.2. The molecule has 0 spiro atoms. The van der Waals surface area contributed by atoms with Crippen LogP contribution in [0.1, 0.15) is 6.99 Å². The Bertz CT molecular complexity index is 255. The molecule has 3 heteroatoms. The van der Waals surface area contributed by atoms with Gasteiger partial charge in [0.1, 0.15) is 0 Å².